The van der Waals surface area contributed by atoms with E-state index in [1.54, 1.807) is 6.20 Å². The summed E-state index contributed by atoms with van der Waals surface area (Å²) >= 11 is 0. The van der Waals surface area contributed by atoms with Gasteiger partial charge in [0.2, 0.25) is 5.95 Å². The van der Waals surface area contributed by atoms with E-state index in [1.165, 1.54) is 12.1 Å². The first kappa shape index (κ1) is 15.5. The number of nitrogens with zero attached hydrogens (tertiary/aromatic N) is 2. The molecule has 114 valence electrons. The SMILES string of the molecule is CCOCCCn1ccnc1NCCc1ccc(F)cc1. The largest absolute Gasteiger partial charge is 0.382 e. The molecule has 0 radical (unpaired) electrons. The second-order valence-corrected chi connectivity index (χ2v) is 4.80. The molecule has 0 saturated heterocycles. The molecule has 1 aromatic heterocycles. The summed E-state index contributed by atoms with van der Waals surface area (Å²) in [4.78, 5) is 4.31. The Morgan fingerprint density at radius 3 is 2.86 bits per heavy atom. The van der Waals surface area contributed by atoms with Gasteiger partial charge in [0.25, 0.3) is 0 Å². The highest BCUT2D eigenvalue weighted by atomic mass is 19.1. The van der Waals surface area contributed by atoms with Gasteiger partial charge >= 0.3 is 0 Å². The molecule has 0 bridgehead atoms. The van der Waals surface area contributed by atoms with Gasteiger partial charge in [0, 0.05) is 38.7 Å². The van der Waals surface area contributed by atoms with Gasteiger partial charge in [0.05, 0.1) is 0 Å². The molecule has 2 rings (SSSR count). The van der Waals surface area contributed by atoms with Gasteiger partial charge in [-0.1, -0.05) is 12.1 Å². The van der Waals surface area contributed by atoms with Crippen LogP contribution in [0.2, 0.25) is 0 Å². The zero-order valence-electron chi connectivity index (χ0n) is 12.4. The van der Waals surface area contributed by atoms with E-state index in [1.807, 2.05) is 25.3 Å². The Morgan fingerprint density at radius 1 is 1.29 bits per heavy atom. The minimum atomic E-state index is -0.198. The molecule has 0 aliphatic heterocycles. The van der Waals surface area contributed by atoms with Crippen molar-refractivity contribution in [2.24, 2.45) is 0 Å². The fraction of sp³-hybridized carbons (Fsp3) is 0.438. The normalized spacial score (nSPS) is 10.8. The van der Waals surface area contributed by atoms with Crippen molar-refractivity contribution in [2.45, 2.75) is 26.3 Å². The molecule has 21 heavy (non-hydrogen) atoms. The van der Waals surface area contributed by atoms with Crippen LogP contribution < -0.4 is 5.32 Å². The number of benzene rings is 1. The fourth-order valence-corrected chi connectivity index (χ4v) is 2.11. The molecule has 0 aliphatic carbocycles. The Labute approximate surface area is 125 Å². The summed E-state index contributed by atoms with van der Waals surface area (Å²) in [7, 11) is 0. The van der Waals surface area contributed by atoms with E-state index in [-0.39, 0.29) is 5.82 Å². The number of imidazole rings is 1. The second kappa shape index (κ2) is 8.42. The van der Waals surface area contributed by atoms with Gasteiger partial charge in [-0.15, -0.1) is 0 Å². The molecule has 0 aliphatic rings. The molecule has 2 aromatic rings. The predicted molar refractivity (Wildman–Crippen MR) is 81.9 cm³/mol. The van der Waals surface area contributed by atoms with Gasteiger partial charge in [-0.2, -0.15) is 0 Å². The fourth-order valence-electron chi connectivity index (χ4n) is 2.11. The van der Waals surface area contributed by atoms with Crippen molar-refractivity contribution in [3.05, 3.63) is 48.0 Å². The van der Waals surface area contributed by atoms with Crippen LogP contribution in [-0.2, 0) is 17.7 Å². The van der Waals surface area contributed by atoms with E-state index in [2.05, 4.69) is 14.9 Å². The number of halogens is 1. The number of hydrogen-bond acceptors (Lipinski definition) is 3. The number of aryl methyl sites for hydroxylation is 1. The first-order valence-corrected chi connectivity index (χ1v) is 7.37. The van der Waals surface area contributed by atoms with Crippen LogP contribution in [0.5, 0.6) is 0 Å². The van der Waals surface area contributed by atoms with Gasteiger partial charge in [-0.25, -0.2) is 9.37 Å². The number of hydrogen-bond donors (Lipinski definition) is 1. The van der Waals surface area contributed by atoms with Gasteiger partial charge in [0.1, 0.15) is 5.82 Å². The molecule has 1 heterocycles. The summed E-state index contributed by atoms with van der Waals surface area (Å²) in [6, 6.07) is 6.60. The molecule has 5 heteroatoms. The van der Waals surface area contributed by atoms with Crippen molar-refractivity contribution in [3.63, 3.8) is 0 Å². The van der Waals surface area contributed by atoms with Gasteiger partial charge in [-0.05, 0) is 37.5 Å². The topological polar surface area (TPSA) is 39.1 Å². The maximum atomic E-state index is 12.8. The maximum Gasteiger partial charge on any atom is 0.202 e. The molecule has 0 saturated carbocycles. The monoisotopic (exact) mass is 291 g/mol. The third kappa shape index (κ3) is 5.19. The lowest BCUT2D eigenvalue weighted by Gasteiger charge is -2.10. The summed E-state index contributed by atoms with van der Waals surface area (Å²) < 4.78 is 20.2. The minimum Gasteiger partial charge on any atom is -0.382 e. The quantitative estimate of drug-likeness (QED) is 0.722. The molecular weight excluding hydrogens is 269 g/mol. The molecule has 0 fully saturated rings. The highest BCUT2D eigenvalue weighted by molar-refractivity contribution is 5.27. The third-order valence-corrected chi connectivity index (χ3v) is 3.22. The molecular formula is C16H22FN3O. The molecule has 1 N–H and O–H groups in total. The Morgan fingerprint density at radius 2 is 2.10 bits per heavy atom. The minimum absolute atomic E-state index is 0.198. The molecule has 0 unspecified atom stereocenters. The molecule has 0 atom stereocenters. The summed E-state index contributed by atoms with van der Waals surface area (Å²) in [5.74, 6) is 0.671. The van der Waals surface area contributed by atoms with E-state index in [9.17, 15) is 4.39 Å². The van der Waals surface area contributed by atoms with Crippen LogP contribution in [0.1, 0.15) is 18.9 Å². The number of anilines is 1. The average molecular weight is 291 g/mol. The zero-order valence-corrected chi connectivity index (χ0v) is 12.4. The van der Waals surface area contributed by atoms with E-state index in [0.717, 1.165) is 50.7 Å². The van der Waals surface area contributed by atoms with Crippen LogP contribution in [0.3, 0.4) is 0 Å². The van der Waals surface area contributed by atoms with Crippen LogP contribution in [0.15, 0.2) is 36.7 Å². The third-order valence-electron chi connectivity index (χ3n) is 3.22. The van der Waals surface area contributed by atoms with Gasteiger partial charge < -0.3 is 14.6 Å². The van der Waals surface area contributed by atoms with Crippen LogP contribution >= 0.6 is 0 Å². The second-order valence-electron chi connectivity index (χ2n) is 4.80. The molecule has 1 aromatic carbocycles. The van der Waals surface area contributed by atoms with Crippen molar-refractivity contribution < 1.29 is 9.13 Å². The Hall–Kier alpha value is -1.88. The first-order chi connectivity index (χ1) is 10.3. The number of nitrogens with one attached hydrogen (secondary N) is 1. The molecule has 0 spiro atoms. The first-order valence-electron chi connectivity index (χ1n) is 7.37. The lowest BCUT2D eigenvalue weighted by molar-refractivity contribution is 0.142. The van der Waals surface area contributed by atoms with Gasteiger partial charge in [0.15, 0.2) is 0 Å². The van der Waals surface area contributed by atoms with E-state index < -0.39 is 0 Å². The van der Waals surface area contributed by atoms with Crippen LogP contribution in [0.25, 0.3) is 0 Å². The van der Waals surface area contributed by atoms with Crippen molar-refractivity contribution in [1.82, 2.24) is 9.55 Å². The summed E-state index contributed by atoms with van der Waals surface area (Å²) in [6.45, 7) is 5.18. The summed E-state index contributed by atoms with van der Waals surface area (Å²) in [5.41, 5.74) is 1.11. The van der Waals surface area contributed by atoms with Crippen LogP contribution in [0.4, 0.5) is 10.3 Å². The molecule has 4 nitrogen and oxygen atoms in total. The summed E-state index contributed by atoms with van der Waals surface area (Å²) in [5, 5.41) is 3.31. The number of rotatable bonds is 9. The van der Waals surface area contributed by atoms with Crippen molar-refractivity contribution >= 4 is 5.95 Å². The Kier molecular flexibility index (Phi) is 6.22. The van der Waals surface area contributed by atoms with Gasteiger partial charge in [-0.3, -0.25) is 0 Å². The van der Waals surface area contributed by atoms with E-state index >= 15 is 0 Å². The van der Waals surface area contributed by atoms with Crippen molar-refractivity contribution in [2.75, 3.05) is 25.1 Å². The molecule has 0 amide bonds. The average Bonchev–Trinajstić information content (AvgIpc) is 2.93. The predicted octanol–water partition coefficient (Wildman–Crippen LogP) is 3.10. The zero-order chi connectivity index (χ0) is 14.9. The Balaban J connectivity index is 1.75. The Bertz CT molecular complexity index is 525. The number of aromatic nitrogens is 2. The standard InChI is InChI=1S/C16H22FN3O/c1-2-21-13-3-11-20-12-10-19-16(20)18-9-8-14-4-6-15(17)7-5-14/h4-7,10,12H,2-3,8-9,11,13H2,1H3,(H,18,19). The van der Waals surface area contributed by atoms with Crippen LogP contribution in [0, 0.1) is 5.82 Å². The van der Waals surface area contributed by atoms with E-state index in [0.29, 0.717) is 0 Å². The van der Waals surface area contributed by atoms with Crippen molar-refractivity contribution in [3.8, 4) is 0 Å². The maximum absolute atomic E-state index is 12.8. The van der Waals surface area contributed by atoms with Crippen molar-refractivity contribution in [1.29, 1.82) is 0 Å². The highest BCUT2D eigenvalue weighted by Crippen LogP contribution is 2.07. The lowest BCUT2D eigenvalue weighted by Crippen LogP contribution is -2.11. The highest BCUT2D eigenvalue weighted by Gasteiger charge is 2.02. The van der Waals surface area contributed by atoms with E-state index in [4.69, 9.17) is 4.74 Å². The smallest absolute Gasteiger partial charge is 0.202 e. The summed E-state index contributed by atoms with van der Waals surface area (Å²) in [6.07, 6.45) is 5.57. The lowest BCUT2D eigenvalue weighted by atomic mass is 10.1. The number of ether oxygens (including phenoxy) is 1. The van der Waals surface area contributed by atoms with Crippen LogP contribution in [-0.4, -0.2) is 29.3 Å².